The number of rotatable bonds is 10. The van der Waals surface area contributed by atoms with Crippen LogP contribution >= 0.6 is 0 Å². The van der Waals surface area contributed by atoms with Gasteiger partial charge in [-0.1, -0.05) is 82.9 Å². The first kappa shape index (κ1) is 76.3. The molecule has 1 aliphatic carbocycles. The molecule has 2 aromatic rings. The fourth-order valence-electron chi connectivity index (χ4n) is 13.2. The average molecular weight is 1340 g/mol. The molecule has 3 N–H and O–H groups in total. The molecule has 2 aromatic carbocycles. The van der Waals surface area contributed by atoms with E-state index in [1.54, 1.807) is 40.1 Å². The van der Waals surface area contributed by atoms with Gasteiger partial charge in [0.1, 0.15) is 54.2 Å². The van der Waals surface area contributed by atoms with Gasteiger partial charge in [-0.25, -0.2) is 4.39 Å². The molecule has 526 valence electrons. The van der Waals surface area contributed by atoms with E-state index in [0.29, 0.717) is 56.2 Å². The highest BCUT2D eigenvalue weighted by atomic mass is 19.4. The molecule has 22 nitrogen and oxygen atoms in total. The van der Waals surface area contributed by atoms with Gasteiger partial charge in [0.15, 0.2) is 0 Å². The van der Waals surface area contributed by atoms with Crippen LogP contribution in [-0.2, 0) is 71.8 Å². The molecule has 3 saturated heterocycles. The zero-order valence-corrected chi connectivity index (χ0v) is 57.7. The molecule has 0 aromatic heterocycles. The molecular weight excluding hydrogens is 1230 g/mol. The maximum Gasteiger partial charge on any atom is 0.419 e. The number of nitrogens with one attached hydrogen (secondary N) is 3. The number of carbonyl (C=O) groups is 11. The third kappa shape index (κ3) is 19.3. The lowest BCUT2D eigenvalue weighted by molar-refractivity contribution is -0.160. The van der Waals surface area contributed by atoms with Crippen LogP contribution in [0.2, 0.25) is 0 Å². The summed E-state index contributed by atoms with van der Waals surface area (Å²) in [7, 11) is 8.87. The number of halogens is 4. The van der Waals surface area contributed by atoms with Crippen LogP contribution in [0.5, 0.6) is 0 Å². The summed E-state index contributed by atoms with van der Waals surface area (Å²) in [6.45, 7) is 12.2. The van der Waals surface area contributed by atoms with Gasteiger partial charge >= 0.3 is 6.18 Å². The van der Waals surface area contributed by atoms with Crippen molar-refractivity contribution in [1.82, 2.24) is 55.1 Å². The number of likely N-dealkylation sites (N-methyl/N-ethyl adjacent to an activating group) is 6. The average Bonchev–Trinajstić information content (AvgIpc) is 1.06. The SMILES string of the molecule is CC[C@H](C)[C@@H]1NC(=O)[C@H](CC(C)C)N(C)C(=O)C[C@@H](C)N(C)C(=O)[C@H](C2CCCC2)N(C)C(=O)CCCCNC(=O)[C@@H]2CCCN2C(=O)[C@H](CCc2ccc(C(F)(F)F)c(F)c2)NC(=O)CN(C)C(=O)[C@H](Cc2ccc(C)cc2)N(C)C(=O)[C@@H]2CCN2C(=O)[C@H](C)N(C)C1=O. The quantitative estimate of drug-likeness (QED) is 0.251. The van der Waals surface area contributed by atoms with Crippen molar-refractivity contribution in [2.75, 3.05) is 68.5 Å². The third-order valence-corrected chi connectivity index (χ3v) is 20.0. The maximum atomic E-state index is 14.9. The third-order valence-electron chi connectivity index (χ3n) is 20.0. The highest BCUT2D eigenvalue weighted by Crippen LogP contribution is 2.34. The molecule has 26 heteroatoms. The van der Waals surface area contributed by atoms with Crippen LogP contribution in [-0.4, -0.2) is 227 Å². The Morgan fingerprint density at radius 2 is 1.25 bits per heavy atom. The molecular formula is C69H101F4N11O11. The molecule has 0 spiro atoms. The van der Waals surface area contributed by atoms with Crippen molar-refractivity contribution >= 4 is 65.0 Å². The van der Waals surface area contributed by atoms with Crippen LogP contribution in [0, 0.1) is 30.5 Å². The summed E-state index contributed by atoms with van der Waals surface area (Å²) >= 11 is 0. The molecule has 4 fully saturated rings. The lowest BCUT2D eigenvalue weighted by atomic mass is 9.94. The lowest BCUT2D eigenvalue weighted by Crippen LogP contribution is -2.65. The minimum absolute atomic E-state index is 0.0297. The molecule has 0 unspecified atom stereocenters. The molecule has 0 radical (unpaired) electrons. The van der Waals surface area contributed by atoms with Crippen LogP contribution < -0.4 is 16.0 Å². The van der Waals surface area contributed by atoms with E-state index in [1.807, 2.05) is 39.8 Å². The first-order valence-electron chi connectivity index (χ1n) is 33.6. The van der Waals surface area contributed by atoms with Crippen molar-refractivity contribution in [3.63, 3.8) is 0 Å². The fraction of sp³-hybridized carbons (Fsp3) is 0.667. The summed E-state index contributed by atoms with van der Waals surface area (Å²) in [5.74, 6) is -8.44. The second-order valence-electron chi connectivity index (χ2n) is 27.2. The normalized spacial score (nSPS) is 26.6. The number of amides is 11. The molecule has 3 aliphatic heterocycles. The highest BCUT2D eigenvalue weighted by molar-refractivity contribution is 5.98. The van der Waals surface area contributed by atoms with Gasteiger partial charge in [0.25, 0.3) is 0 Å². The number of benzene rings is 2. The summed E-state index contributed by atoms with van der Waals surface area (Å²) in [4.78, 5) is 170. The Hall–Kier alpha value is -7.67. The van der Waals surface area contributed by atoms with E-state index in [4.69, 9.17) is 0 Å². The summed E-state index contributed by atoms with van der Waals surface area (Å²) < 4.78 is 55.6. The van der Waals surface area contributed by atoms with Gasteiger partial charge in [-0.05, 0) is 126 Å². The number of carbonyl (C=O) groups excluding carboxylic acids is 11. The number of fused-ring (bicyclic) bond motifs is 2. The smallest absolute Gasteiger partial charge is 0.354 e. The van der Waals surface area contributed by atoms with Gasteiger partial charge in [-0.2, -0.15) is 13.2 Å². The monoisotopic (exact) mass is 1340 g/mol. The first-order chi connectivity index (χ1) is 44.7. The second-order valence-corrected chi connectivity index (χ2v) is 27.2. The van der Waals surface area contributed by atoms with Gasteiger partial charge in [0.05, 0.1) is 12.1 Å². The predicted octanol–water partition coefficient (Wildman–Crippen LogP) is 5.50. The van der Waals surface area contributed by atoms with Crippen molar-refractivity contribution in [3.8, 4) is 0 Å². The van der Waals surface area contributed by atoms with Crippen LogP contribution in [0.4, 0.5) is 17.6 Å². The zero-order valence-electron chi connectivity index (χ0n) is 57.7. The van der Waals surface area contributed by atoms with Crippen molar-refractivity contribution < 1.29 is 70.3 Å². The Morgan fingerprint density at radius 1 is 0.611 bits per heavy atom. The van der Waals surface area contributed by atoms with Gasteiger partial charge in [-0.3, -0.25) is 52.7 Å². The Kier molecular flexibility index (Phi) is 27.2. The standard InChI is InChI=1S/C69H101F4N11O11/c1-14-43(5)59-67(94)79(10)45(7)63(90)84-35-32-53(84)66(93)81(12)55(39-47-26-24-42(4)25-27-47)65(92)77(8)40-56(85)75-51(31-29-46-28-30-49(50(70)38-46)69(71,72)73)64(91)83-34-19-22-52(83)61(88)74-33-18-17-23-57(86)82(13)60(48-20-15-16-21-48)68(95)78(9)44(6)37-58(87)80(11)54(36-41(2)3)62(89)76-59/h24-28,30,38,41,43-45,48,51-55,59-60H,14-23,29,31-37,39-40H2,1-13H3,(H,74,88)(H,75,85)(H,76,89)/t43-,44+,45-,51-,52-,53-,54-,55-,59-,60-/m0/s1. The molecule has 10 atom stereocenters. The van der Waals surface area contributed by atoms with E-state index in [2.05, 4.69) is 16.0 Å². The van der Waals surface area contributed by atoms with Crippen LogP contribution in [0.15, 0.2) is 42.5 Å². The molecule has 0 bridgehead atoms. The minimum atomic E-state index is -4.98. The van der Waals surface area contributed by atoms with Crippen LogP contribution in [0.1, 0.15) is 154 Å². The molecule has 1 saturated carbocycles. The van der Waals surface area contributed by atoms with E-state index in [0.717, 1.165) is 29.4 Å². The van der Waals surface area contributed by atoms with E-state index in [1.165, 1.54) is 69.4 Å². The Morgan fingerprint density at radius 3 is 1.85 bits per heavy atom. The van der Waals surface area contributed by atoms with Crippen LogP contribution in [0.3, 0.4) is 0 Å². The van der Waals surface area contributed by atoms with Crippen molar-refractivity contribution in [2.45, 2.75) is 212 Å². The topological polar surface area (TPSA) is 250 Å². The van der Waals surface area contributed by atoms with Crippen molar-refractivity contribution in [2.24, 2.45) is 17.8 Å². The molecule has 3 heterocycles. The summed E-state index contributed by atoms with van der Waals surface area (Å²) in [5, 5.41) is 8.48. The van der Waals surface area contributed by atoms with E-state index >= 15 is 0 Å². The van der Waals surface area contributed by atoms with E-state index in [-0.39, 0.29) is 100 Å². The molecule has 95 heavy (non-hydrogen) atoms. The largest absolute Gasteiger partial charge is 0.419 e. The van der Waals surface area contributed by atoms with E-state index in [9.17, 15) is 70.3 Å². The second kappa shape index (κ2) is 33.8. The van der Waals surface area contributed by atoms with Gasteiger partial charge in [0, 0.05) is 87.2 Å². The number of hydrogen-bond acceptors (Lipinski definition) is 11. The predicted molar refractivity (Wildman–Crippen MR) is 347 cm³/mol. The van der Waals surface area contributed by atoms with E-state index < -0.39 is 138 Å². The maximum absolute atomic E-state index is 14.9. The fourth-order valence-corrected chi connectivity index (χ4v) is 13.2. The number of alkyl halides is 3. The van der Waals surface area contributed by atoms with Gasteiger partial charge < -0.3 is 55.1 Å². The molecule has 4 aliphatic rings. The first-order valence-corrected chi connectivity index (χ1v) is 33.6. The van der Waals surface area contributed by atoms with Gasteiger partial charge in [-0.15, -0.1) is 0 Å². The highest BCUT2D eigenvalue weighted by Gasteiger charge is 2.47. The summed E-state index contributed by atoms with van der Waals surface area (Å²) in [6, 6.07) is -0.0744. The Bertz CT molecular complexity index is 3090. The van der Waals surface area contributed by atoms with Crippen molar-refractivity contribution in [1.29, 1.82) is 0 Å². The number of aryl methyl sites for hydroxylation is 2. The Labute approximate surface area is 556 Å². The van der Waals surface area contributed by atoms with Gasteiger partial charge in [0.2, 0.25) is 65.0 Å². The minimum Gasteiger partial charge on any atom is -0.354 e. The van der Waals surface area contributed by atoms with Crippen molar-refractivity contribution in [3.05, 3.63) is 70.5 Å². The number of hydrogen-bond donors (Lipinski definition) is 3. The summed E-state index contributed by atoms with van der Waals surface area (Å²) in [6.07, 6.45) is -0.322. The summed E-state index contributed by atoms with van der Waals surface area (Å²) in [5.41, 5.74) is 0.166. The lowest BCUT2D eigenvalue weighted by Gasteiger charge is -2.45. The number of nitrogens with zero attached hydrogens (tertiary/aromatic N) is 8. The molecule has 6 rings (SSSR count). The van der Waals surface area contributed by atoms with Crippen LogP contribution in [0.25, 0.3) is 0 Å². The zero-order chi connectivity index (χ0) is 70.5. The molecule has 11 amide bonds. The Balaban J connectivity index is 1.32.